The van der Waals surface area contributed by atoms with Gasteiger partial charge in [-0.25, -0.2) is 0 Å². The van der Waals surface area contributed by atoms with Gasteiger partial charge in [0.1, 0.15) is 16.9 Å². The van der Waals surface area contributed by atoms with Crippen LogP contribution in [0.4, 0.5) is 0 Å². The van der Waals surface area contributed by atoms with Crippen LogP contribution in [0.1, 0.15) is 0 Å². The number of hydrogen-bond acceptors (Lipinski definition) is 0. The Hall–Kier alpha value is 1.30. The van der Waals surface area contributed by atoms with Crippen molar-refractivity contribution in [1.82, 2.24) is 0 Å². The van der Waals surface area contributed by atoms with Crippen molar-refractivity contribution in [1.29, 1.82) is 0 Å². The summed E-state index contributed by atoms with van der Waals surface area (Å²) in [4.78, 5) is 0. The fourth-order valence-electron chi connectivity index (χ4n) is 0.0958. The van der Waals surface area contributed by atoms with Gasteiger partial charge >= 0.3 is 0 Å². The van der Waals surface area contributed by atoms with Crippen LogP contribution in [0.3, 0.4) is 0 Å². The maximum Gasteiger partial charge on any atom is 0.134 e. The fourth-order valence-corrected chi connectivity index (χ4v) is 2.59. The number of halogens is 3. The molecule has 0 aliphatic carbocycles. The summed E-state index contributed by atoms with van der Waals surface area (Å²) >= 11 is 16.8. The minimum absolute atomic E-state index is 0.639. The van der Waals surface area contributed by atoms with Gasteiger partial charge in [-0.15, -0.1) is 0 Å². The van der Waals surface area contributed by atoms with Gasteiger partial charge in [0.15, 0.2) is 0 Å². The van der Waals surface area contributed by atoms with Gasteiger partial charge in [-0.3, -0.25) is 0 Å². The van der Waals surface area contributed by atoms with Crippen molar-refractivity contribution in [3.8, 4) is 0 Å². The summed E-state index contributed by atoms with van der Waals surface area (Å²) < 4.78 is 0. The van der Waals surface area contributed by atoms with Gasteiger partial charge in [0.2, 0.25) is 0 Å². The molecule has 0 amide bonds. The molecule has 0 aromatic heterocycles. The van der Waals surface area contributed by atoms with Gasteiger partial charge in [-0.1, -0.05) is 34.8 Å². The summed E-state index contributed by atoms with van der Waals surface area (Å²) in [6.07, 6.45) is 0. The largest absolute Gasteiger partial charge is 0.134 e. The molecule has 0 fully saturated rings. The van der Waals surface area contributed by atoms with E-state index in [0.717, 1.165) is 0 Å². The maximum atomic E-state index is 5.59. The molecule has 0 saturated carbocycles. The minimum Gasteiger partial charge on any atom is -0.0820 e. The summed E-state index contributed by atoms with van der Waals surface area (Å²) in [7, 11) is -1.12. The Labute approximate surface area is 65.8 Å². The summed E-state index contributed by atoms with van der Waals surface area (Å²) in [6.45, 7) is 2.07. The maximum absolute atomic E-state index is 5.59. The summed E-state index contributed by atoms with van der Waals surface area (Å²) in [5.41, 5.74) is 1.92. The highest BCUT2D eigenvalue weighted by Gasteiger charge is 2.27. The first-order valence-electron chi connectivity index (χ1n) is 2.20. The molecule has 0 unspecified atom stereocenters. The van der Waals surface area contributed by atoms with Crippen LogP contribution in [0.5, 0.6) is 0 Å². The van der Waals surface area contributed by atoms with E-state index >= 15 is 0 Å². The SMILES string of the molecule is C[P+](CCl)(CCl)CCl. The molecule has 0 heterocycles. The predicted octanol–water partition coefficient (Wildman–Crippen LogP) is 3.22. The second-order valence-electron chi connectivity index (χ2n) is 1.98. The van der Waals surface area contributed by atoms with E-state index in [-0.39, 0.29) is 0 Å². The van der Waals surface area contributed by atoms with E-state index in [2.05, 4.69) is 6.66 Å². The molecule has 0 atom stereocenters. The highest BCUT2D eigenvalue weighted by Crippen LogP contribution is 2.57. The highest BCUT2D eigenvalue weighted by molar-refractivity contribution is 7.79. The summed E-state index contributed by atoms with van der Waals surface area (Å²) in [6, 6.07) is 0. The van der Waals surface area contributed by atoms with E-state index in [0.29, 0.717) is 16.9 Å². The molecule has 4 heteroatoms. The number of alkyl halides is 3. The van der Waals surface area contributed by atoms with Gasteiger partial charge in [0, 0.05) is 0 Å². The third kappa shape index (κ3) is 2.73. The van der Waals surface area contributed by atoms with Gasteiger partial charge in [-0.2, -0.15) is 0 Å². The smallest absolute Gasteiger partial charge is 0.0820 e. The molecule has 0 N–H and O–H groups in total. The average molecular weight is 194 g/mol. The van der Waals surface area contributed by atoms with Crippen molar-refractivity contribution in [2.45, 2.75) is 0 Å². The second-order valence-corrected chi connectivity index (χ2v) is 8.09. The third-order valence-corrected chi connectivity index (χ3v) is 7.79. The molecule has 0 aromatic rings. The first-order valence-corrected chi connectivity index (χ1v) is 6.59. The lowest BCUT2D eigenvalue weighted by atomic mass is 11.8. The topological polar surface area (TPSA) is 0 Å². The van der Waals surface area contributed by atoms with Crippen molar-refractivity contribution in [2.24, 2.45) is 0 Å². The number of rotatable bonds is 3. The molecule has 50 valence electrons. The van der Waals surface area contributed by atoms with Crippen molar-refractivity contribution >= 4 is 42.1 Å². The lowest BCUT2D eigenvalue weighted by molar-refractivity contribution is 1.78. The van der Waals surface area contributed by atoms with Crippen LogP contribution < -0.4 is 0 Å². The van der Waals surface area contributed by atoms with Crippen LogP contribution in [0, 0.1) is 0 Å². The van der Waals surface area contributed by atoms with Gasteiger partial charge in [-0.05, 0) is 0 Å². The molecule has 8 heavy (non-hydrogen) atoms. The zero-order chi connectivity index (χ0) is 6.62. The summed E-state index contributed by atoms with van der Waals surface area (Å²) in [5.74, 6) is 0. The zero-order valence-corrected chi connectivity index (χ0v) is 7.86. The lowest BCUT2D eigenvalue weighted by Crippen LogP contribution is -1.93. The zero-order valence-electron chi connectivity index (χ0n) is 4.70. The van der Waals surface area contributed by atoms with Crippen molar-refractivity contribution in [3.05, 3.63) is 0 Å². The first-order chi connectivity index (χ1) is 3.68. The second kappa shape index (κ2) is 4.17. The summed E-state index contributed by atoms with van der Waals surface area (Å²) in [5, 5.41) is 0. The Morgan fingerprint density at radius 1 is 1.00 bits per heavy atom. The Balaban J connectivity index is 3.58. The molecule has 0 aliphatic rings. The monoisotopic (exact) mass is 193 g/mol. The van der Waals surface area contributed by atoms with E-state index < -0.39 is 7.26 Å². The molecule has 0 aliphatic heterocycles. The van der Waals surface area contributed by atoms with E-state index in [9.17, 15) is 0 Å². The van der Waals surface area contributed by atoms with E-state index in [1.54, 1.807) is 0 Å². The molecular weight excluding hydrogens is 185 g/mol. The van der Waals surface area contributed by atoms with Crippen LogP contribution in [-0.2, 0) is 0 Å². The number of hydrogen-bond donors (Lipinski definition) is 0. The van der Waals surface area contributed by atoms with Crippen LogP contribution in [-0.4, -0.2) is 23.5 Å². The van der Waals surface area contributed by atoms with Crippen molar-refractivity contribution < 1.29 is 0 Å². The Kier molecular flexibility index (Phi) is 4.85. The molecular formula is C4H9Cl3P+. The normalized spacial score (nSPS) is 12.0. The Bertz CT molecular complexity index is 54.0. The van der Waals surface area contributed by atoms with Crippen LogP contribution in [0.25, 0.3) is 0 Å². The van der Waals surface area contributed by atoms with Crippen LogP contribution in [0.2, 0.25) is 0 Å². The molecule has 0 saturated heterocycles. The van der Waals surface area contributed by atoms with E-state index in [4.69, 9.17) is 34.8 Å². The van der Waals surface area contributed by atoms with Crippen molar-refractivity contribution in [2.75, 3.05) is 23.5 Å². The van der Waals surface area contributed by atoms with Gasteiger partial charge in [0.05, 0.1) is 13.9 Å². The van der Waals surface area contributed by atoms with Crippen LogP contribution in [0.15, 0.2) is 0 Å². The molecule has 0 aromatic carbocycles. The van der Waals surface area contributed by atoms with E-state index in [1.807, 2.05) is 0 Å². The molecule has 0 bridgehead atoms. The third-order valence-electron chi connectivity index (χ3n) is 0.866. The fraction of sp³-hybridized carbons (Fsp3) is 1.00. The average Bonchev–Trinajstić information content (AvgIpc) is 1.87. The predicted molar refractivity (Wildman–Crippen MR) is 45.0 cm³/mol. The quantitative estimate of drug-likeness (QED) is 0.478. The van der Waals surface area contributed by atoms with Gasteiger partial charge < -0.3 is 0 Å². The molecule has 0 spiro atoms. The molecule has 0 rings (SSSR count). The first kappa shape index (κ1) is 9.30. The van der Waals surface area contributed by atoms with E-state index in [1.165, 1.54) is 0 Å². The molecule has 0 radical (unpaired) electrons. The van der Waals surface area contributed by atoms with Crippen molar-refractivity contribution in [3.63, 3.8) is 0 Å². The molecule has 0 nitrogen and oxygen atoms in total. The highest BCUT2D eigenvalue weighted by atomic mass is 35.5. The lowest BCUT2D eigenvalue weighted by Gasteiger charge is -2.11. The van der Waals surface area contributed by atoms with Gasteiger partial charge in [0.25, 0.3) is 0 Å². The minimum atomic E-state index is -1.12. The Morgan fingerprint density at radius 3 is 1.25 bits per heavy atom. The standard InChI is InChI=1S/C4H9Cl3P/c1-8(2-5,3-6)4-7/h2-4H2,1H3/q+1. The Morgan fingerprint density at radius 2 is 1.25 bits per heavy atom. The van der Waals surface area contributed by atoms with Crippen LogP contribution >= 0.6 is 42.1 Å².